The van der Waals surface area contributed by atoms with Gasteiger partial charge in [0.1, 0.15) is 0 Å². The molecule has 0 aromatic carbocycles. The minimum Gasteiger partial charge on any atom is -0.319 e. The van der Waals surface area contributed by atoms with Crippen LogP contribution in [0.4, 0.5) is 0 Å². The molecule has 0 aromatic heterocycles. The highest BCUT2D eigenvalue weighted by Gasteiger charge is 2.09. The van der Waals surface area contributed by atoms with Crippen LogP contribution in [-0.2, 0) is 0 Å². The van der Waals surface area contributed by atoms with Crippen molar-refractivity contribution in [2.45, 2.75) is 6.92 Å². The Morgan fingerprint density at radius 1 is 1.45 bits per heavy atom. The third kappa shape index (κ3) is 3.04. The van der Waals surface area contributed by atoms with Crippen LogP contribution in [0.3, 0.4) is 0 Å². The molecular formula is C9H18N2. The third-order valence-electron chi connectivity index (χ3n) is 2.02. The molecule has 0 aliphatic carbocycles. The van der Waals surface area contributed by atoms with E-state index in [1.807, 2.05) is 7.05 Å². The average molecular weight is 154 g/mol. The predicted molar refractivity (Wildman–Crippen MR) is 48.7 cm³/mol. The Labute approximate surface area is 69.3 Å². The van der Waals surface area contributed by atoms with Crippen LogP contribution in [0.15, 0.2) is 12.2 Å². The van der Waals surface area contributed by atoms with Gasteiger partial charge in [-0.05, 0) is 19.5 Å². The molecule has 1 N–H and O–H groups in total. The zero-order chi connectivity index (χ0) is 8.10. The summed E-state index contributed by atoms with van der Waals surface area (Å²) in [4.78, 5) is 2.46. The van der Waals surface area contributed by atoms with E-state index in [4.69, 9.17) is 0 Å². The monoisotopic (exact) mass is 154 g/mol. The first-order valence-corrected chi connectivity index (χ1v) is 4.35. The lowest BCUT2D eigenvalue weighted by Crippen LogP contribution is -2.30. The fraction of sp³-hybridized carbons (Fsp3) is 0.778. The molecule has 2 heteroatoms. The second kappa shape index (κ2) is 4.52. The van der Waals surface area contributed by atoms with Gasteiger partial charge in [-0.1, -0.05) is 19.1 Å². The van der Waals surface area contributed by atoms with Gasteiger partial charge >= 0.3 is 0 Å². The van der Waals surface area contributed by atoms with Gasteiger partial charge in [-0.2, -0.15) is 0 Å². The summed E-state index contributed by atoms with van der Waals surface area (Å²) >= 11 is 0. The van der Waals surface area contributed by atoms with Gasteiger partial charge in [0.05, 0.1) is 0 Å². The van der Waals surface area contributed by atoms with E-state index in [1.165, 1.54) is 6.54 Å². The summed E-state index contributed by atoms with van der Waals surface area (Å²) in [7, 11) is 2.01. The number of rotatable bonds is 4. The van der Waals surface area contributed by atoms with E-state index >= 15 is 0 Å². The average Bonchev–Trinajstić information content (AvgIpc) is 2.40. The zero-order valence-electron chi connectivity index (χ0n) is 7.51. The Kier molecular flexibility index (Phi) is 3.60. The molecule has 1 atom stereocenters. The molecule has 1 aliphatic rings. The number of hydrogen-bond donors (Lipinski definition) is 1. The largest absolute Gasteiger partial charge is 0.319 e. The van der Waals surface area contributed by atoms with Gasteiger partial charge in [0.2, 0.25) is 0 Å². The smallest absolute Gasteiger partial charge is 0.0167 e. The molecular weight excluding hydrogens is 136 g/mol. The molecule has 11 heavy (non-hydrogen) atoms. The van der Waals surface area contributed by atoms with Crippen LogP contribution in [0.2, 0.25) is 0 Å². The van der Waals surface area contributed by atoms with Gasteiger partial charge in [0.15, 0.2) is 0 Å². The van der Waals surface area contributed by atoms with Crippen LogP contribution in [0.5, 0.6) is 0 Å². The Balaban J connectivity index is 2.09. The molecule has 0 bridgehead atoms. The first kappa shape index (κ1) is 8.75. The molecule has 0 radical (unpaired) electrons. The van der Waals surface area contributed by atoms with Gasteiger partial charge in [-0.3, -0.25) is 4.90 Å². The number of hydrogen-bond acceptors (Lipinski definition) is 2. The summed E-state index contributed by atoms with van der Waals surface area (Å²) in [6.07, 6.45) is 4.48. The molecule has 1 heterocycles. The van der Waals surface area contributed by atoms with Crippen molar-refractivity contribution in [2.75, 3.05) is 33.2 Å². The van der Waals surface area contributed by atoms with Gasteiger partial charge in [0, 0.05) is 19.6 Å². The fourth-order valence-electron chi connectivity index (χ4n) is 1.52. The molecule has 64 valence electrons. The van der Waals surface area contributed by atoms with E-state index in [0.717, 1.165) is 25.6 Å². The van der Waals surface area contributed by atoms with E-state index in [2.05, 4.69) is 29.3 Å². The summed E-state index contributed by atoms with van der Waals surface area (Å²) in [6.45, 7) is 6.92. The number of nitrogens with zero attached hydrogens (tertiary/aromatic N) is 1. The Morgan fingerprint density at radius 3 is 2.64 bits per heavy atom. The van der Waals surface area contributed by atoms with E-state index in [9.17, 15) is 0 Å². The standard InChI is InChI=1S/C9H18N2/c1-9(7-10-2)8-11-5-3-4-6-11/h3-4,9-10H,5-8H2,1-2H3. The minimum absolute atomic E-state index is 0.764. The summed E-state index contributed by atoms with van der Waals surface area (Å²) in [5.41, 5.74) is 0. The van der Waals surface area contributed by atoms with E-state index in [-0.39, 0.29) is 0 Å². The molecule has 1 rings (SSSR count). The van der Waals surface area contributed by atoms with Crippen molar-refractivity contribution in [3.05, 3.63) is 12.2 Å². The van der Waals surface area contributed by atoms with Crippen LogP contribution in [0.1, 0.15) is 6.92 Å². The fourth-order valence-corrected chi connectivity index (χ4v) is 1.52. The second-order valence-corrected chi connectivity index (χ2v) is 3.35. The molecule has 0 fully saturated rings. The van der Waals surface area contributed by atoms with Gasteiger partial charge in [-0.15, -0.1) is 0 Å². The zero-order valence-corrected chi connectivity index (χ0v) is 7.51. The minimum atomic E-state index is 0.764. The lowest BCUT2D eigenvalue weighted by atomic mass is 10.2. The van der Waals surface area contributed by atoms with Crippen molar-refractivity contribution in [3.63, 3.8) is 0 Å². The Bertz CT molecular complexity index is 124. The van der Waals surface area contributed by atoms with Crippen molar-refractivity contribution in [3.8, 4) is 0 Å². The summed E-state index contributed by atoms with van der Waals surface area (Å²) in [5.74, 6) is 0.764. The van der Waals surface area contributed by atoms with Crippen molar-refractivity contribution in [2.24, 2.45) is 5.92 Å². The molecule has 0 spiro atoms. The van der Waals surface area contributed by atoms with Crippen LogP contribution in [0.25, 0.3) is 0 Å². The highest BCUT2D eigenvalue weighted by atomic mass is 15.1. The van der Waals surface area contributed by atoms with Crippen molar-refractivity contribution in [1.82, 2.24) is 10.2 Å². The summed E-state index contributed by atoms with van der Waals surface area (Å²) < 4.78 is 0. The molecule has 0 saturated carbocycles. The van der Waals surface area contributed by atoms with Crippen LogP contribution >= 0.6 is 0 Å². The quantitative estimate of drug-likeness (QED) is 0.600. The molecule has 0 saturated heterocycles. The second-order valence-electron chi connectivity index (χ2n) is 3.35. The molecule has 0 amide bonds. The van der Waals surface area contributed by atoms with E-state index in [1.54, 1.807) is 0 Å². The van der Waals surface area contributed by atoms with E-state index in [0.29, 0.717) is 0 Å². The molecule has 2 nitrogen and oxygen atoms in total. The summed E-state index contributed by atoms with van der Waals surface area (Å²) in [6, 6.07) is 0. The van der Waals surface area contributed by atoms with Crippen LogP contribution in [0, 0.1) is 5.92 Å². The maximum Gasteiger partial charge on any atom is 0.0167 e. The first-order chi connectivity index (χ1) is 5.33. The maximum atomic E-state index is 3.19. The van der Waals surface area contributed by atoms with Crippen LogP contribution < -0.4 is 5.32 Å². The van der Waals surface area contributed by atoms with Gasteiger partial charge in [0.25, 0.3) is 0 Å². The van der Waals surface area contributed by atoms with Gasteiger partial charge in [-0.25, -0.2) is 0 Å². The highest BCUT2D eigenvalue weighted by Crippen LogP contribution is 2.03. The Hall–Kier alpha value is -0.340. The lowest BCUT2D eigenvalue weighted by molar-refractivity contribution is 0.295. The lowest BCUT2D eigenvalue weighted by Gasteiger charge is -2.19. The topological polar surface area (TPSA) is 15.3 Å². The molecule has 1 aliphatic heterocycles. The maximum absolute atomic E-state index is 3.19. The van der Waals surface area contributed by atoms with Crippen LogP contribution in [-0.4, -0.2) is 38.1 Å². The van der Waals surface area contributed by atoms with Gasteiger partial charge < -0.3 is 5.32 Å². The summed E-state index contributed by atoms with van der Waals surface area (Å²) in [5, 5.41) is 3.19. The highest BCUT2D eigenvalue weighted by molar-refractivity contribution is 4.95. The third-order valence-corrected chi connectivity index (χ3v) is 2.02. The van der Waals surface area contributed by atoms with E-state index < -0.39 is 0 Å². The molecule has 1 unspecified atom stereocenters. The predicted octanol–water partition coefficient (Wildman–Crippen LogP) is 0.714. The number of nitrogens with one attached hydrogen (secondary N) is 1. The molecule has 0 aromatic rings. The van der Waals surface area contributed by atoms with Crippen molar-refractivity contribution in [1.29, 1.82) is 0 Å². The first-order valence-electron chi connectivity index (χ1n) is 4.35. The normalized spacial score (nSPS) is 20.9. The van der Waals surface area contributed by atoms with Crippen molar-refractivity contribution < 1.29 is 0 Å². The SMILES string of the molecule is CNCC(C)CN1CC=CC1. The van der Waals surface area contributed by atoms with Crippen molar-refractivity contribution >= 4 is 0 Å². The Morgan fingerprint density at radius 2 is 2.09 bits per heavy atom.